The van der Waals surface area contributed by atoms with E-state index in [1.807, 2.05) is 0 Å². The average Bonchev–Trinajstić information content (AvgIpc) is 3.31. The minimum Gasteiger partial charge on any atom is -0.491 e. The summed E-state index contributed by atoms with van der Waals surface area (Å²) in [4.78, 5) is 13.1. The molecular weight excluding hydrogens is 432 g/mol. The monoisotopic (exact) mass is 458 g/mol. The molecule has 2 aromatic carbocycles. The number of nitrogens with zero attached hydrogens (tertiary/aromatic N) is 2. The van der Waals surface area contributed by atoms with Gasteiger partial charge in [0, 0.05) is 26.2 Å². The van der Waals surface area contributed by atoms with Crippen molar-refractivity contribution in [1.29, 1.82) is 0 Å². The van der Waals surface area contributed by atoms with Crippen LogP contribution in [0, 0.1) is 0 Å². The average molecular weight is 459 g/mol. The van der Waals surface area contributed by atoms with Crippen LogP contribution in [0.3, 0.4) is 0 Å². The number of hydrogen-bond acceptors (Lipinski definition) is 6. The fourth-order valence-electron chi connectivity index (χ4n) is 2.99. The van der Waals surface area contributed by atoms with Crippen molar-refractivity contribution in [3.63, 3.8) is 0 Å². The molecule has 0 aliphatic heterocycles. The van der Waals surface area contributed by atoms with E-state index < -0.39 is 16.1 Å². The Morgan fingerprint density at radius 3 is 2.34 bits per heavy atom. The molecule has 0 bridgehead atoms. The van der Waals surface area contributed by atoms with Gasteiger partial charge in [-0.25, -0.2) is 8.42 Å². The van der Waals surface area contributed by atoms with E-state index in [-0.39, 0.29) is 30.5 Å². The largest absolute Gasteiger partial charge is 0.491 e. The Kier molecular flexibility index (Phi) is 7.68. The molecule has 0 fully saturated rings. The van der Waals surface area contributed by atoms with Crippen molar-refractivity contribution in [1.82, 2.24) is 4.31 Å². The second kappa shape index (κ2) is 10.4. The number of benzene rings is 2. The lowest BCUT2D eigenvalue weighted by Gasteiger charge is -2.24. The van der Waals surface area contributed by atoms with Crippen LogP contribution in [0.2, 0.25) is 0 Å². The van der Waals surface area contributed by atoms with Crippen LogP contribution in [0.4, 0.5) is 5.69 Å². The first kappa shape index (κ1) is 23.5. The van der Waals surface area contributed by atoms with Gasteiger partial charge in [0.2, 0.25) is 15.9 Å². The van der Waals surface area contributed by atoms with Crippen molar-refractivity contribution in [2.24, 2.45) is 0 Å². The molecule has 3 rings (SSSR count). The molecule has 3 aromatic rings. The van der Waals surface area contributed by atoms with Gasteiger partial charge in [0.05, 0.1) is 17.7 Å². The standard InChI is InChI=1S/C23H26N2O6S/c1-18(26)24(2)19-10-12-21(13-11-19)31-17-20(27)15-25(16-22-7-6-14-30-22)32(28,29)23-8-4-3-5-9-23/h3-14,20,27H,15-17H2,1-2H3/t20-/m0/s1. The smallest absolute Gasteiger partial charge is 0.243 e. The van der Waals surface area contributed by atoms with Crippen molar-refractivity contribution in [3.05, 3.63) is 78.8 Å². The number of hydrogen-bond donors (Lipinski definition) is 1. The molecule has 0 spiro atoms. The molecule has 1 heterocycles. The highest BCUT2D eigenvalue weighted by Gasteiger charge is 2.27. The van der Waals surface area contributed by atoms with Crippen molar-refractivity contribution < 1.29 is 27.5 Å². The van der Waals surface area contributed by atoms with Crippen molar-refractivity contribution in [3.8, 4) is 5.75 Å². The first-order valence-corrected chi connectivity index (χ1v) is 11.4. The Bertz CT molecular complexity index is 1100. The maximum Gasteiger partial charge on any atom is 0.243 e. The molecule has 1 N–H and O–H groups in total. The van der Waals surface area contributed by atoms with Gasteiger partial charge < -0.3 is 19.2 Å². The summed E-state index contributed by atoms with van der Waals surface area (Å²) in [6.07, 6.45) is 0.387. The predicted molar refractivity (Wildman–Crippen MR) is 120 cm³/mol. The molecule has 32 heavy (non-hydrogen) atoms. The van der Waals surface area contributed by atoms with Crippen LogP contribution >= 0.6 is 0 Å². The van der Waals surface area contributed by atoms with E-state index in [2.05, 4.69) is 0 Å². The van der Waals surface area contributed by atoms with Crippen LogP contribution in [-0.4, -0.2) is 50.0 Å². The Morgan fingerprint density at radius 1 is 1.06 bits per heavy atom. The number of anilines is 1. The molecule has 1 amide bonds. The molecule has 0 unspecified atom stereocenters. The molecule has 170 valence electrons. The summed E-state index contributed by atoms with van der Waals surface area (Å²) in [6.45, 7) is 1.16. The maximum atomic E-state index is 13.1. The minimum atomic E-state index is -3.86. The maximum absolute atomic E-state index is 13.1. The van der Waals surface area contributed by atoms with Gasteiger partial charge in [0.1, 0.15) is 24.2 Å². The van der Waals surface area contributed by atoms with Crippen molar-refractivity contribution >= 4 is 21.6 Å². The first-order valence-electron chi connectivity index (χ1n) is 10.00. The second-order valence-corrected chi connectivity index (χ2v) is 9.16. The van der Waals surface area contributed by atoms with E-state index >= 15 is 0 Å². The van der Waals surface area contributed by atoms with Gasteiger partial charge in [-0.1, -0.05) is 18.2 Å². The summed E-state index contributed by atoms with van der Waals surface area (Å²) in [6, 6.07) is 18.2. The van der Waals surface area contributed by atoms with Gasteiger partial charge in [-0.3, -0.25) is 4.79 Å². The van der Waals surface area contributed by atoms with E-state index in [0.717, 1.165) is 0 Å². The lowest BCUT2D eigenvalue weighted by atomic mass is 10.3. The highest BCUT2D eigenvalue weighted by molar-refractivity contribution is 7.89. The van der Waals surface area contributed by atoms with Gasteiger partial charge in [-0.05, 0) is 48.5 Å². The van der Waals surface area contributed by atoms with Gasteiger partial charge in [0.25, 0.3) is 0 Å². The number of aliphatic hydroxyl groups excluding tert-OH is 1. The predicted octanol–water partition coefficient (Wildman–Crippen LogP) is 2.89. The van der Waals surface area contributed by atoms with Crippen molar-refractivity contribution in [2.75, 3.05) is 25.1 Å². The summed E-state index contributed by atoms with van der Waals surface area (Å²) in [5, 5.41) is 10.5. The van der Waals surface area contributed by atoms with E-state index in [1.54, 1.807) is 61.6 Å². The molecule has 1 aromatic heterocycles. The number of aliphatic hydroxyl groups is 1. The van der Waals surface area contributed by atoms with E-state index in [4.69, 9.17) is 9.15 Å². The summed E-state index contributed by atoms with van der Waals surface area (Å²) >= 11 is 0. The fraction of sp³-hybridized carbons (Fsp3) is 0.261. The third-order valence-electron chi connectivity index (χ3n) is 4.85. The molecule has 1 atom stereocenters. The zero-order valence-electron chi connectivity index (χ0n) is 17.9. The summed E-state index contributed by atoms with van der Waals surface area (Å²) in [5.74, 6) is 0.862. The van der Waals surface area contributed by atoms with Crippen molar-refractivity contribution in [2.45, 2.75) is 24.5 Å². The van der Waals surface area contributed by atoms with Crippen LogP contribution < -0.4 is 9.64 Å². The summed E-state index contributed by atoms with van der Waals surface area (Å²) < 4.78 is 38.3. The molecule has 0 aliphatic rings. The van der Waals surface area contributed by atoms with Gasteiger partial charge in [0.15, 0.2) is 0 Å². The normalized spacial score (nSPS) is 12.5. The molecule has 9 heteroatoms. The lowest BCUT2D eigenvalue weighted by Crippen LogP contribution is -2.39. The Hall–Kier alpha value is -3.14. The molecule has 0 saturated heterocycles. The number of carbonyl (C=O) groups is 1. The lowest BCUT2D eigenvalue weighted by molar-refractivity contribution is -0.116. The number of ether oxygens (including phenoxy) is 1. The minimum absolute atomic E-state index is 0.0205. The Labute approximate surface area is 187 Å². The Balaban J connectivity index is 1.67. The van der Waals surface area contributed by atoms with Crippen LogP contribution in [0.25, 0.3) is 0 Å². The quantitative estimate of drug-likeness (QED) is 0.501. The first-order chi connectivity index (χ1) is 15.3. The van der Waals surface area contributed by atoms with E-state index in [1.165, 1.54) is 34.5 Å². The highest BCUT2D eigenvalue weighted by atomic mass is 32.2. The SMILES string of the molecule is CC(=O)N(C)c1ccc(OC[C@@H](O)CN(Cc2ccco2)S(=O)(=O)c2ccccc2)cc1. The number of carbonyl (C=O) groups excluding carboxylic acids is 1. The van der Waals surface area contributed by atoms with Gasteiger partial charge >= 0.3 is 0 Å². The van der Waals surface area contributed by atoms with Gasteiger partial charge in [-0.15, -0.1) is 0 Å². The third-order valence-corrected chi connectivity index (χ3v) is 6.67. The Morgan fingerprint density at radius 2 is 1.75 bits per heavy atom. The van der Waals surface area contributed by atoms with E-state index in [0.29, 0.717) is 17.2 Å². The van der Waals surface area contributed by atoms with Crippen LogP contribution in [0.5, 0.6) is 5.75 Å². The van der Waals surface area contributed by atoms with Crippen LogP contribution in [0.1, 0.15) is 12.7 Å². The second-order valence-electron chi connectivity index (χ2n) is 7.23. The topological polar surface area (TPSA) is 100 Å². The molecule has 0 aliphatic carbocycles. The molecule has 0 saturated carbocycles. The summed E-state index contributed by atoms with van der Waals surface area (Å²) in [5.41, 5.74) is 0.712. The van der Waals surface area contributed by atoms with Crippen LogP contribution in [0.15, 0.2) is 82.3 Å². The summed E-state index contributed by atoms with van der Waals surface area (Å²) in [7, 11) is -2.19. The number of amides is 1. The number of furan rings is 1. The molecule has 8 nitrogen and oxygen atoms in total. The van der Waals surface area contributed by atoms with E-state index in [9.17, 15) is 18.3 Å². The van der Waals surface area contributed by atoms with Crippen LogP contribution in [-0.2, 0) is 21.4 Å². The number of sulfonamides is 1. The number of rotatable bonds is 10. The zero-order valence-corrected chi connectivity index (χ0v) is 18.7. The zero-order chi connectivity index (χ0) is 23.1. The fourth-order valence-corrected chi connectivity index (χ4v) is 4.46. The van der Waals surface area contributed by atoms with Gasteiger partial charge in [-0.2, -0.15) is 4.31 Å². The third kappa shape index (κ3) is 5.97. The highest BCUT2D eigenvalue weighted by Crippen LogP contribution is 2.21. The molecular formula is C23H26N2O6S. The molecule has 0 radical (unpaired) electrons.